The van der Waals surface area contributed by atoms with Crippen LogP contribution in [-0.2, 0) is 19.3 Å². The van der Waals surface area contributed by atoms with Crippen LogP contribution < -0.4 is 11.0 Å². The van der Waals surface area contributed by atoms with E-state index in [1.54, 1.807) is 17.9 Å². The molecular weight excluding hydrogens is 372 g/mol. The van der Waals surface area contributed by atoms with E-state index in [9.17, 15) is 4.79 Å². The monoisotopic (exact) mass is 412 g/mol. The van der Waals surface area contributed by atoms with E-state index in [0.29, 0.717) is 5.95 Å². The van der Waals surface area contributed by atoms with Gasteiger partial charge in [-0.2, -0.15) is 4.98 Å². The third kappa shape index (κ3) is 6.96. The molecule has 1 N–H and O–H groups in total. The Morgan fingerprint density at radius 3 is 1.83 bits per heavy atom. The number of nitrogens with zero attached hydrogens (tertiary/aromatic N) is 3. The third-order valence-electron chi connectivity index (χ3n) is 5.66. The number of anilines is 1. The van der Waals surface area contributed by atoms with Crippen molar-refractivity contribution >= 4 is 5.95 Å². The van der Waals surface area contributed by atoms with Crippen molar-refractivity contribution < 1.29 is 0 Å². The van der Waals surface area contributed by atoms with Crippen molar-refractivity contribution in [3.63, 3.8) is 0 Å². The Morgan fingerprint density at radius 2 is 1.37 bits per heavy atom. The van der Waals surface area contributed by atoms with Gasteiger partial charge in [-0.3, -0.25) is 4.57 Å². The number of aromatic nitrogens is 3. The van der Waals surface area contributed by atoms with Gasteiger partial charge >= 0.3 is 5.69 Å². The third-order valence-corrected chi connectivity index (χ3v) is 5.66. The zero-order chi connectivity index (χ0) is 21.8. The molecule has 0 atom stereocenters. The molecule has 0 radical (unpaired) electrons. The van der Waals surface area contributed by atoms with Gasteiger partial charge in [0.2, 0.25) is 5.95 Å². The largest absolute Gasteiger partial charge is 0.357 e. The summed E-state index contributed by atoms with van der Waals surface area (Å²) in [5.41, 5.74) is 4.71. The topological polar surface area (TPSA) is 59.8 Å². The average Bonchev–Trinajstić information content (AvgIpc) is 2.75. The van der Waals surface area contributed by atoms with Crippen molar-refractivity contribution in [3.05, 3.63) is 45.6 Å². The molecule has 2 aromatic rings. The molecule has 0 bridgehead atoms. The molecule has 0 aliphatic heterocycles. The van der Waals surface area contributed by atoms with Crippen molar-refractivity contribution in [2.75, 3.05) is 12.4 Å². The first kappa shape index (κ1) is 24.1. The van der Waals surface area contributed by atoms with Crippen molar-refractivity contribution in [2.24, 2.45) is 0 Å². The molecule has 5 nitrogen and oxygen atoms in total. The van der Waals surface area contributed by atoms with E-state index in [1.165, 1.54) is 61.6 Å². The number of benzene rings is 1. The lowest BCUT2D eigenvalue weighted by molar-refractivity contribution is 0.691. The fraction of sp³-hybridized carbons (Fsp3) is 0.640. The Hall–Kier alpha value is -2.17. The van der Waals surface area contributed by atoms with Gasteiger partial charge in [0, 0.05) is 7.05 Å². The molecule has 5 heteroatoms. The molecule has 30 heavy (non-hydrogen) atoms. The minimum absolute atomic E-state index is 0.262. The second-order valence-electron chi connectivity index (χ2n) is 8.22. The van der Waals surface area contributed by atoms with E-state index in [2.05, 4.69) is 48.2 Å². The Balaban J connectivity index is 2.53. The van der Waals surface area contributed by atoms with Gasteiger partial charge in [-0.15, -0.1) is 0 Å². The van der Waals surface area contributed by atoms with Crippen molar-refractivity contribution in [2.45, 2.75) is 97.8 Å². The Labute approximate surface area is 182 Å². The van der Waals surface area contributed by atoms with Crippen LogP contribution in [0.15, 0.2) is 23.3 Å². The lowest BCUT2D eigenvalue weighted by Crippen LogP contribution is -2.25. The van der Waals surface area contributed by atoms with Crippen LogP contribution in [-0.4, -0.2) is 21.6 Å². The first-order chi connectivity index (χ1) is 14.6. The van der Waals surface area contributed by atoms with Crippen LogP contribution in [0, 0.1) is 0 Å². The smallest absolute Gasteiger partial charge is 0.356 e. The van der Waals surface area contributed by atoms with E-state index < -0.39 is 0 Å². The maximum absolute atomic E-state index is 12.8. The summed E-state index contributed by atoms with van der Waals surface area (Å²) in [5.74, 6) is 0.368. The van der Waals surface area contributed by atoms with Gasteiger partial charge in [0.05, 0.1) is 5.69 Å². The Bertz CT molecular complexity index is 797. The standard InChI is InChI=1S/C25H40N4O/c1-5-8-11-14-20-17-21(15-12-9-6-2)23(22(18-20)16-13-10-7-3)29-19-27-24(26-4)28-25(29)30/h17-19H,5-16H2,1-4H3,(H,26,28,30). The fourth-order valence-corrected chi connectivity index (χ4v) is 3.99. The summed E-state index contributed by atoms with van der Waals surface area (Å²) in [6, 6.07) is 4.67. The first-order valence-electron chi connectivity index (χ1n) is 11.9. The lowest BCUT2D eigenvalue weighted by atomic mass is 9.93. The number of hydrogen-bond donors (Lipinski definition) is 1. The van der Waals surface area contributed by atoms with Crippen LogP contribution in [0.1, 0.15) is 95.2 Å². The molecule has 0 unspecified atom stereocenters. The Kier molecular flexibility index (Phi) is 10.6. The normalized spacial score (nSPS) is 11.1. The highest BCUT2D eigenvalue weighted by molar-refractivity contribution is 5.51. The summed E-state index contributed by atoms with van der Waals surface area (Å²) in [6.45, 7) is 6.71. The minimum Gasteiger partial charge on any atom is -0.357 e. The van der Waals surface area contributed by atoms with Crippen LogP contribution in [0.3, 0.4) is 0 Å². The van der Waals surface area contributed by atoms with E-state index in [-0.39, 0.29) is 5.69 Å². The van der Waals surface area contributed by atoms with Crippen molar-refractivity contribution in [3.8, 4) is 5.69 Å². The summed E-state index contributed by atoms with van der Waals surface area (Å²) in [4.78, 5) is 21.3. The van der Waals surface area contributed by atoms with Gasteiger partial charge in [-0.25, -0.2) is 9.78 Å². The molecule has 166 valence electrons. The number of rotatable bonds is 14. The molecule has 0 aliphatic carbocycles. The zero-order valence-electron chi connectivity index (χ0n) is 19.5. The highest BCUT2D eigenvalue weighted by Crippen LogP contribution is 2.26. The van der Waals surface area contributed by atoms with E-state index in [0.717, 1.165) is 37.8 Å². The van der Waals surface area contributed by atoms with Crippen LogP contribution in [0.2, 0.25) is 0 Å². The fourth-order valence-electron chi connectivity index (χ4n) is 3.99. The average molecular weight is 413 g/mol. The maximum Gasteiger partial charge on any atom is 0.356 e. The van der Waals surface area contributed by atoms with Crippen LogP contribution >= 0.6 is 0 Å². The van der Waals surface area contributed by atoms with Gasteiger partial charge in [0.1, 0.15) is 6.33 Å². The summed E-state index contributed by atoms with van der Waals surface area (Å²) in [6.07, 6.45) is 15.5. The molecule has 0 amide bonds. The number of aryl methyl sites for hydroxylation is 3. The summed E-state index contributed by atoms with van der Waals surface area (Å²) < 4.78 is 1.67. The molecule has 1 heterocycles. The highest BCUT2D eigenvalue weighted by Gasteiger charge is 2.15. The van der Waals surface area contributed by atoms with Crippen molar-refractivity contribution in [1.29, 1.82) is 0 Å². The van der Waals surface area contributed by atoms with E-state index in [1.807, 2.05) is 0 Å². The minimum atomic E-state index is -0.262. The molecule has 1 aromatic carbocycles. The van der Waals surface area contributed by atoms with Crippen LogP contribution in [0.5, 0.6) is 0 Å². The van der Waals surface area contributed by atoms with Crippen LogP contribution in [0.4, 0.5) is 5.95 Å². The molecule has 0 fully saturated rings. The summed E-state index contributed by atoms with van der Waals surface area (Å²) >= 11 is 0. The molecule has 0 spiro atoms. The number of nitrogens with one attached hydrogen (secondary N) is 1. The van der Waals surface area contributed by atoms with Gasteiger partial charge in [-0.1, -0.05) is 71.4 Å². The highest BCUT2D eigenvalue weighted by atomic mass is 16.1. The predicted octanol–water partition coefficient (Wildman–Crippen LogP) is 5.87. The maximum atomic E-state index is 12.8. The molecule has 0 saturated carbocycles. The summed E-state index contributed by atoms with van der Waals surface area (Å²) in [7, 11) is 1.73. The van der Waals surface area contributed by atoms with Gasteiger partial charge in [0.25, 0.3) is 0 Å². The second kappa shape index (κ2) is 13.2. The van der Waals surface area contributed by atoms with E-state index in [4.69, 9.17) is 0 Å². The van der Waals surface area contributed by atoms with Gasteiger partial charge in [0.15, 0.2) is 0 Å². The lowest BCUT2D eigenvalue weighted by Gasteiger charge is -2.19. The Morgan fingerprint density at radius 1 is 0.833 bits per heavy atom. The molecule has 2 rings (SSSR count). The second-order valence-corrected chi connectivity index (χ2v) is 8.22. The van der Waals surface area contributed by atoms with Gasteiger partial charge < -0.3 is 5.32 Å². The van der Waals surface area contributed by atoms with Crippen molar-refractivity contribution in [1.82, 2.24) is 14.5 Å². The molecule has 1 aromatic heterocycles. The van der Waals surface area contributed by atoms with E-state index >= 15 is 0 Å². The molecule has 0 saturated heterocycles. The predicted molar refractivity (Wildman–Crippen MR) is 127 cm³/mol. The molecule has 0 aliphatic rings. The zero-order valence-corrected chi connectivity index (χ0v) is 19.5. The van der Waals surface area contributed by atoms with Gasteiger partial charge in [-0.05, 0) is 55.2 Å². The van der Waals surface area contributed by atoms with Crippen LogP contribution in [0.25, 0.3) is 5.69 Å². The quantitative estimate of drug-likeness (QED) is 0.394. The molecular formula is C25H40N4O. The number of unbranched alkanes of at least 4 members (excludes halogenated alkanes) is 6. The first-order valence-corrected chi connectivity index (χ1v) is 11.9. The number of hydrogen-bond acceptors (Lipinski definition) is 4. The summed E-state index contributed by atoms with van der Waals surface area (Å²) in [5, 5.41) is 2.86. The SMILES string of the molecule is CCCCCc1cc(CCCCC)c(-n2cnc(NC)nc2=O)c(CCCCC)c1.